The lowest BCUT2D eigenvalue weighted by atomic mass is 10.1. The van der Waals surface area contributed by atoms with Gasteiger partial charge in [-0.3, -0.25) is 4.79 Å². The van der Waals surface area contributed by atoms with Crippen molar-refractivity contribution in [2.45, 2.75) is 18.7 Å². The molecule has 0 saturated carbocycles. The van der Waals surface area contributed by atoms with Crippen LogP contribution in [0.25, 0.3) is 0 Å². The standard InChI is InChI=1S/C17H13ClFNO3S/c1-9-3-5-11(6-4-9)16(21)17-10(2)20-15-13(18)7-12(19)8-14(15)24(17,22)23/h3-8,20H,1-2H3. The smallest absolute Gasteiger partial charge is 0.214 e. The molecule has 124 valence electrons. The monoisotopic (exact) mass is 365 g/mol. The molecule has 7 heteroatoms. The van der Waals surface area contributed by atoms with E-state index in [1.165, 1.54) is 6.92 Å². The second kappa shape index (κ2) is 5.72. The van der Waals surface area contributed by atoms with Crippen molar-refractivity contribution in [1.29, 1.82) is 0 Å². The minimum Gasteiger partial charge on any atom is -0.356 e. The summed E-state index contributed by atoms with van der Waals surface area (Å²) in [6, 6.07) is 8.43. The highest BCUT2D eigenvalue weighted by molar-refractivity contribution is 7.96. The molecule has 1 aliphatic heterocycles. The van der Waals surface area contributed by atoms with Gasteiger partial charge in [-0.25, -0.2) is 12.8 Å². The van der Waals surface area contributed by atoms with Gasteiger partial charge in [-0.15, -0.1) is 0 Å². The molecule has 0 aliphatic carbocycles. The molecule has 0 aromatic heterocycles. The molecule has 2 aromatic carbocycles. The van der Waals surface area contributed by atoms with Crippen LogP contribution in [0.5, 0.6) is 0 Å². The third-order valence-corrected chi connectivity index (χ3v) is 5.98. The fraction of sp³-hybridized carbons (Fsp3) is 0.118. The Bertz CT molecular complexity index is 995. The summed E-state index contributed by atoms with van der Waals surface area (Å²) >= 11 is 5.93. The van der Waals surface area contributed by atoms with Gasteiger partial charge in [-0.05, 0) is 26.0 Å². The van der Waals surface area contributed by atoms with E-state index in [2.05, 4.69) is 5.32 Å². The van der Waals surface area contributed by atoms with Gasteiger partial charge in [0, 0.05) is 11.3 Å². The number of fused-ring (bicyclic) bond motifs is 1. The van der Waals surface area contributed by atoms with Crippen LogP contribution in [0, 0.1) is 12.7 Å². The van der Waals surface area contributed by atoms with Crippen LogP contribution in [-0.4, -0.2) is 14.2 Å². The molecule has 0 unspecified atom stereocenters. The number of benzene rings is 2. The molecule has 0 bridgehead atoms. The maximum absolute atomic E-state index is 13.6. The number of Topliss-reactive ketones (excluding diaryl/α,β-unsaturated/α-hetero) is 1. The van der Waals surface area contributed by atoms with Crippen LogP contribution in [0.15, 0.2) is 51.9 Å². The second-order valence-corrected chi connectivity index (χ2v) is 7.80. The van der Waals surface area contributed by atoms with Crippen molar-refractivity contribution < 1.29 is 17.6 Å². The zero-order chi connectivity index (χ0) is 17.6. The molecule has 1 aliphatic rings. The summed E-state index contributed by atoms with van der Waals surface area (Å²) in [4.78, 5) is 12.0. The SMILES string of the molecule is CC1=C(C(=O)c2ccc(C)cc2)S(=O)(=O)c2cc(F)cc(Cl)c2N1. The summed E-state index contributed by atoms with van der Waals surface area (Å²) < 4.78 is 39.3. The van der Waals surface area contributed by atoms with E-state index in [9.17, 15) is 17.6 Å². The Morgan fingerprint density at radius 2 is 1.75 bits per heavy atom. The number of carbonyl (C=O) groups excluding carboxylic acids is 1. The molecule has 2 aromatic rings. The van der Waals surface area contributed by atoms with Crippen LogP contribution < -0.4 is 5.32 Å². The molecule has 0 saturated heterocycles. The number of nitrogens with one attached hydrogen (secondary N) is 1. The Morgan fingerprint density at radius 1 is 1.12 bits per heavy atom. The highest BCUT2D eigenvalue weighted by Crippen LogP contribution is 2.40. The number of sulfone groups is 1. The van der Waals surface area contributed by atoms with Crippen LogP contribution in [0.3, 0.4) is 0 Å². The Morgan fingerprint density at radius 3 is 2.38 bits per heavy atom. The average Bonchev–Trinajstić information content (AvgIpc) is 2.49. The largest absolute Gasteiger partial charge is 0.356 e. The Labute approximate surface area is 143 Å². The van der Waals surface area contributed by atoms with Crippen molar-refractivity contribution in [2.24, 2.45) is 0 Å². The summed E-state index contributed by atoms with van der Waals surface area (Å²) in [5, 5.41) is 2.74. The van der Waals surface area contributed by atoms with Crippen LogP contribution >= 0.6 is 11.6 Å². The van der Waals surface area contributed by atoms with Gasteiger partial charge in [0.05, 0.1) is 15.6 Å². The normalized spacial score (nSPS) is 15.7. The van der Waals surface area contributed by atoms with Gasteiger partial charge in [0.2, 0.25) is 15.6 Å². The zero-order valence-electron chi connectivity index (χ0n) is 12.9. The Kier molecular flexibility index (Phi) is 3.97. The minimum atomic E-state index is -4.19. The number of anilines is 1. The van der Waals surface area contributed by atoms with E-state index in [1.54, 1.807) is 24.3 Å². The maximum Gasteiger partial charge on any atom is 0.214 e. The molecular weight excluding hydrogens is 353 g/mol. The number of rotatable bonds is 2. The topological polar surface area (TPSA) is 63.2 Å². The van der Waals surface area contributed by atoms with E-state index in [-0.39, 0.29) is 26.9 Å². The van der Waals surface area contributed by atoms with E-state index in [0.717, 1.165) is 17.7 Å². The summed E-state index contributed by atoms with van der Waals surface area (Å²) in [6.07, 6.45) is 0. The lowest BCUT2D eigenvalue weighted by molar-refractivity contribution is 0.104. The van der Waals surface area contributed by atoms with Crippen molar-refractivity contribution >= 4 is 32.9 Å². The highest BCUT2D eigenvalue weighted by atomic mass is 35.5. The average molecular weight is 366 g/mol. The third kappa shape index (κ3) is 2.61. The van der Waals surface area contributed by atoms with Crippen molar-refractivity contribution in [3.05, 3.63) is 69.0 Å². The molecular formula is C17H13ClFNO3S. The molecule has 24 heavy (non-hydrogen) atoms. The minimum absolute atomic E-state index is 0.0604. The second-order valence-electron chi connectivity index (χ2n) is 5.54. The number of aryl methyl sites for hydroxylation is 1. The maximum atomic E-state index is 13.6. The Hall–Kier alpha value is -2.18. The van der Waals surface area contributed by atoms with E-state index in [0.29, 0.717) is 0 Å². The van der Waals surface area contributed by atoms with E-state index in [4.69, 9.17) is 11.6 Å². The van der Waals surface area contributed by atoms with Gasteiger partial charge in [-0.2, -0.15) is 0 Å². The van der Waals surface area contributed by atoms with Crippen LogP contribution in [-0.2, 0) is 9.84 Å². The van der Waals surface area contributed by atoms with E-state index in [1.807, 2.05) is 6.92 Å². The highest BCUT2D eigenvalue weighted by Gasteiger charge is 2.37. The predicted molar refractivity (Wildman–Crippen MR) is 90.4 cm³/mol. The summed E-state index contributed by atoms with van der Waals surface area (Å²) in [7, 11) is -4.19. The summed E-state index contributed by atoms with van der Waals surface area (Å²) in [5.74, 6) is -1.43. The first-order chi connectivity index (χ1) is 11.2. The molecule has 1 N–H and O–H groups in total. The molecule has 0 radical (unpaired) electrons. The van der Waals surface area contributed by atoms with Gasteiger partial charge < -0.3 is 5.32 Å². The van der Waals surface area contributed by atoms with Crippen molar-refractivity contribution in [3.8, 4) is 0 Å². The zero-order valence-corrected chi connectivity index (χ0v) is 14.4. The lowest BCUT2D eigenvalue weighted by Crippen LogP contribution is -2.24. The van der Waals surface area contributed by atoms with Gasteiger partial charge >= 0.3 is 0 Å². The van der Waals surface area contributed by atoms with Crippen LogP contribution in [0.1, 0.15) is 22.8 Å². The molecule has 0 fully saturated rings. The van der Waals surface area contributed by atoms with Gasteiger partial charge in [0.1, 0.15) is 10.7 Å². The number of hydrogen-bond acceptors (Lipinski definition) is 4. The number of hydrogen-bond donors (Lipinski definition) is 1. The first-order valence-electron chi connectivity index (χ1n) is 7.05. The molecule has 1 heterocycles. The predicted octanol–water partition coefficient (Wildman–Crippen LogP) is 4.10. The molecule has 4 nitrogen and oxygen atoms in total. The molecule has 3 rings (SSSR count). The van der Waals surface area contributed by atoms with Gasteiger partial charge in [-0.1, -0.05) is 41.4 Å². The fourth-order valence-corrected chi connectivity index (χ4v) is 4.61. The van der Waals surface area contributed by atoms with Crippen molar-refractivity contribution in [1.82, 2.24) is 0 Å². The number of carbonyl (C=O) groups is 1. The number of ketones is 1. The summed E-state index contributed by atoms with van der Waals surface area (Å²) in [5.41, 5.74) is 1.42. The summed E-state index contributed by atoms with van der Waals surface area (Å²) in [6.45, 7) is 3.33. The molecule has 0 atom stereocenters. The first-order valence-corrected chi connectivity index (χ1v) is 8.91. The third-order valence-electron chi connectivity index (χ3n) is 3.75. The Balaban J connectivity index is 2.19. The fourth-order valence-electron chi connectivity index (χ4n) is 2.57. The van der Waals surface area contributed by atoms with Crippen molar-refractivity contribution in [2.75, 3.05) is 5.32 Å². The van der Waals surface area contributed by atoms with Crippen LogP contribution in [0.2, 0.25) is 5.02 Å². The molecule has 0 spiro atoms. The van der Waals surface area contributed by atoms with Crippen LogP contribution in [0.4, 0.5) is 10.1 Å². The van der Waals surface area contributed by atoms with E-state index >= 15 is 0 Å². The van der Waals surface area contributed by atoms with Crippen molar-refractivity contribution in [3.63, 3.8) is 0 Å². The lowest BCUT2D eigenvalue weighted by Gasteiger charge is -2.23. The quantitative estimate of drug-likeness (QED) is 0.814. The van der Waals surface area contributed by atoms with Gasteiger partial charge in [0.15, 0.2) is 0 Å². The molecule has 0 amide bonds. The number of halogens is 2. The van der Waals surface area contributed by atoms with Gasteiger partial charge in [0.25, 0.3) is 0 Å². The number of allylic oxidation sites excluding steroid dienone is 2. The first kappa shape index (κ1) is 16.7. The van der Waals surface area contributed by atoms with E-state index < -0.39 is 26.3 Å².